The fourth-order valence-corrected chi connectivity index (χ4v) is 1.21. The maximum Gasteiger partial charge on any atom is 0.278 e. The molecule has 2 N–H and O–H groups in total. The van der Waals surface area contributed by atoms with Crippen molar-refractivity contribution in [3.05, 3.63) is 33.8 Å². The van der Waals surface area contributed by atoms with Crippen molar-refractivity contribution in [1.82, 2.24) is 9.97 Å². The molecule has 15 heavy (non-hydrogen) atoms. The molecule has 7 nitrogen and oxygen atoms in total. The summed E-state index contributed by atoms with van der Waals surface area (Å²) in [7, 11) is 0. The van der Waals surface area contributed by atoms with Crippen molar-refractivity contribution in [2.75, 3.05) is 5.48 Å². The molecular weight excluding hydrogens is 200 g/mol. The predicted molar refractivity (Wildman–Crippen MR) is 52.8 cm³/mol. The van der Waals surface area contributed by atoms with E-state index in [4.69, 9.17) is 5.21 Å². The fraction of sp³-hybridized carbons (Fsp3) is 0.250. The molecule has 0 unspecified atom stereocenters. The van der Waals surface area contributed by atoms with Gasteiger partial charge in [-0.1, -0.05) is 0 Å². The molecule has 0 aliphatic rings. The van der Waals surface area contributed by atoms with Gasteiger partial charge in [-0.3, -0.25) is 20.8 Å². The van der Waals surface area contributed by atoms with Gasteiger partial charge < -0.3 is 0 Å². The van der Waals surface area contributed by atoms with Crippen LogP contribution in [0, 0.1) is 17.0 Å². The molecule has 1 aromatic heterocycles. The van der Waals surface area contributed by atoms with Gasteiger partial charge in [0.05, 0.1) is 10.6 Å². The van der Waals surface area contributed by atoms with Crippen molar-refractivity contribution in [2.45, 2.75) is 13.8 Å². The van der Waals surface area contributed by atoms with E-state index in [1.54, 1.807) is 6.92 Å². The zero-order chi connectivity index (χ0) is 11.4. The molecule has 0 saturated heterocycles. The number of allylic oxidation sites excluding steroid dienone is 1. The zero-order valence-electron chi connectivity index (χ0n) is 8.26. The first kappa shape index (κ1) is 11.1. The van der Waals surface area contributed by atoms with Gasteiger partial charge in [0.2, 0.25) is 0 Å². The van der Waals surface area contributed by atoms with Crippen LogP contribution in [0.5, 0.6) is 0 Å². The third-order valence-electron chi connectivity index (χ3n) is 1.87. The average molecular weight is 210 g/mol. The molecule has 7 heteroatoms. The van der Waals surface area contributed by atoms with E-state index in [0.717, 1.165) is 0 Å². The Bertz CT molecular complexity index is 416. The van der Waals surface area contributed by atoms with Gasteiger partial charge in [-0.15, -0.1) is 0 Å². The molecule has 80 valence electrons. The molecule has 1 heterocycles. The third-order valence-corrected chi connectivity index (χ3v) is 1.87. The van der Waals surface area contributed by atoms with Gasteiger partial charge in [-0.05, 0) is 19.9 Å². The quantitative estimate of drug-likeness (QED) is 0.574. The molecule has 0 atom stereocenters. The van der Waals surface area contributed by atoms with E-state index in [-0.39, 0.29) is 17.1 Å². The van der Waals surface area contributed by atoms with E-state index in [0.29, 0.717) is 5.69 Å². The van der Waals surface area contributed by atoms with E-state index in [9.17, 15) is 10.1 Å². The van der Waals surface area contributed by atoms with Crippen molar-refractivity contribution in [2.24, 2.45) is 0 Å². The Hall–Kier alpha value is -2.02. The topological polar surface area (TPSA) is 101 Å². The molecule has 0 amide bonds. The first-order valence-corrected chi connectivity index (χ1v) is 4.14. The minimum Gasteiger partial charge on any atom is -0.290 e. The SMILES string of the molecule is C/C=C(\c1c(C)ncnc1NO)[N+](=O)[O-]. The van der Waals surface area contributed by atoms with Crippen molar-refractivity contribution < 1.29 is 10.1 Å². The van der Waals surface area contributed by atoms with Crippen LogP contribution in [0.3, 0.4) is 0 Å². The molecule has 0 radical (unpaired) electrons. The molecule has 0 bridgehead atoms. The maximum atomic E-state index is 10.7. The van der Waals surface area contributed by atoms with Crippen LogP contribution < -0.4 is 5.48 Å². The molecular formula is C8H10N4O3. The second kappa shape index (κ2) is 4.47. The largest absolute Gasteiger partial charge is 0.290 e. The van der Waals surface area contributed by atoms with Crippen LogP contribution >= 0.6 is 0 Å². The standard InChI is InChI=1S/C8H10N4O3/c1-3-6(12(14)15)7-5(2)9-4-10-8(7)11-13/h3-4,13H,1-2H3,(H,9,10,11)/b6-3+. The highest BCUT2D eigenvalue weighted by molar-refractivity contribution is 5.69. The number of aromatic nitrogens is 2. The van der Waals surface area contributed by atoms with Crippen LogP contribution in [0.1, 0.15) is 18.2 Å². The lowest BCUT2D eigenvalue weighted by atomic mass is 10.1. The van der Waals surface area contributed by atoms with Gasteiger partial charge in [0, 0.05) is 0 Å². The van der Waals surface area contributed by atoms with Crippen molar-refractivity contribution >= 4 is 11.5 Å². The van der Waals surface area contributed by atoms with Gasteiger partial charge in [-0.2, -0.15) is 0 Å². The normalized spacial score (nSPS) is 11.3. The predicted octanol–water partition coefficient (Wildman–Crippen LogP) is 1.22. The smallest absolute Gasteiger partial charge is 0.278 e. The molecule has 0 aliphatic carbocycles. The van der Waals surface area contributed by atoms with E-state index in [2.05, 4.69) is 9.97 Å². The van der Waals surface area contributed by atoms with Crippen LogP contribution in [-0.2, 0) is 0 Å². The van der Waals surface area contributed by atoms with Crippen molar-refractivity contribution in [1.29, 1.82) is 0 Å². The molecule has 0 aliphatic heterocycles. The Kier molecular flexibility index (Phi) is 3.29. The lowest BCUT2D eigenvalue weighted by Crippen LogP contribution is -2.07. The molecule has 0 fully saturated rings. The number of anilines is 1. The van der Waals surface area contributed by atoms with Crippen molar-refractivity contribution in [3.8, 4) is 0 Å². The number of aryl methyl sites for hydroxylation is 1. The maximum absolute atomic E-state index is 10.7. The highest BCUT2D eigenvalue weighted by atomic mass is 16.6. The summed E-state index contributed by atoms with van der Waals surface area (Å²) in [6, 6.07) is 0. The summed E-state index contributed by atoms with van der Waals surface area (Å²) in [4.78, 5) is 17.7. The highest BCUT2D eigenvalue weighted by Crippen LogP contribution is 2.23. The summed E-state index contributed by atoms with van der Waals surface area (Å²) in [5.41, 5.74) is 2.27. The van der Waals surface area contributed by atoms with Crippen LogP contribution in [-0.4, -0.2) is 20.1 Å². The number of nitrogens with zero attached hydrogens (tertiary/aromatic N) is 3. The minimum atomic E-state index is -0.549. The monoisotopic (exact) mass is 210 g/mol. The van der Waals surface area contributed by atoms with Gasteiger partial charge in [0.1, 0.15) is 11.9 Å². The Labute approximate surface area is 85.6 Å². The summed E-state index contributed by atoms with van der Waals surface area (Å²) in [6.45, 7) is 3.14. The highest BCUT2D eigenvalue weighted by Gasteiger charge is 2.21. The number of nitro groups is 1. The summed E-state index contributed by atoms with van der Waals surface area (Å²) < 4.78 is 0. The first-order chi connectivity index (χ1) is 7.11. The second-order valence-corrected chi connectivity index (χ2v) is 2.73. The van der Waals surface area contributed by atoms with Gasteiger partial charge >= 0.3 is 0 Å². The number of rotatable bonds is 3. The third kappa shape index (κ3) is 2.08. The van der Waals surface area contributed by atoms with Gasteiger partial charge in [0.25, 0.3) is 5.70 Å². The summed E-state index contributed by atoms with van der Waals surface area (Å²) in [5, 5.41) is 19.5. The molecule has 0 aromatic carbocycles. The molecule has 1 rings (SSSR count). The molecule has 0 saturated carbocycles. The Balaban J connectivity index is 3.40. The van der Waals surface area contributed by atoms with Crippen molar-refractivity contribution in [3.63, 3.8) is 0 Å². The number of hydrogen-bond acceptors (Lipinski definition) is 6. The minimum absolute atomic E-state index is 0.0206. The van der Waals surface area contributed by atoms with E-state index >= 15 is 0 Å². The summed E-state index contributed by atoms with van der Waals surface area (Å²) in [5.74, 6) is 0.0206. The number of hydrogen-bond donors (Lipinski definition) is 2. The lowest BCUT2D eigenvalue weighted by Gasteiger charge is -2.06. The molecule has 1 aromatic rings. The fourth-order valence-electron chi connectivity index (χ4n) is 1.21. The second-order valence-electron chi connectivity index (χ2n) is 2.73. The van der Waals surface area contributed by atoms with Crippen LogP contribution in [0.15, 0.2) is 12.4 Å². The number of nitrogens with one attached hydrogen (secondary N) is 1. The Morgan fingerprint density at radius 2 is 2.33 bits per heavy atom. The molecule has 0 spiro atoms. The van der Waals surface area contributed by atoms with Crippen LogP contribution in [0.4, 0.5) is 5.82 Å². The zero-order valence-corrected chi connectivity index (χ0v) is 8.26. The Morgan fingerprint density at radius 3 is 2.80 bits per heavy atom. The summed E-state index contributed by atoms with van der Waals surface area (Å²) >= 11 is 0. The van der Waals surface area contributed by atoms with Crippen LogP contribution in [0.25, 0.3) is 5.70 Å². The first-order valence-electron chi connectivity index (χ1n) is 4.14. The average Bonchev–Trinajstić information content (AvgIpc) is 2.21. The van der Waals surface area contributed by atoms with Crippen LogP contribution in [0.2, 0.25) is 0 Å². The van der Waals surface area contributed by atoms with Gasteiger partial charge in [-0.25, -0.2) is 9.97 Å². The summed E-state index contributed by atoms with van der Waals surface area (Å²) in [6.07, 6.45) is 2.54. The Morgan fingerprint density at radius 1 is 1.67 bits per heavy atom. The van der Waals surface area contributed by atoms with E-state index < -0.39 is 4.92 Å². The van der Waals surface area contributed by atoms with Gasteiger partial charge in [0.15, 0.2) is 5.82 Å². The van der Waals surface area contributed by atoms with E-state index in [1.807, 2.05) is 5.48 Å². The van der Waals surface area contributed by atoms with E-state index in [1.165, 1.54) is 19.3 Å². The lowest BCUT2D eigenvalue weighted by molar-refractivity contribution is -0.375.